The first-order valence-electron chi connectivity index (χ1n) is 11.7. The van der Waals surface area contributed by atoms with Crippen molar-refractivity contribution in [3.8, 4) is 0 Å². The van der Waals surface area contributed by atoms with Gasteiger partial charge in [-0.15, -0.1) is 0 Å². The third-order valence-corrected chi connectivity index (χ3v) is 5.45. The fourth-order valence-electron chi connectivity index (χ4n) is 2.59. The van der Waals surface area contributed by atoms with Gasteiger partial charge in [0.05, 0.1) is 43.8 Å². The van der Waals surface area contributed by atoms with Crippen LogP contribution < -0.4 is 5.32 Å². The average Bonchev–Trinajstić information content (AvgIpc) is 2.72. The Kier molecular flexibility index (Phi) is 15.2. The number of ketones is 1. The van der Waals surface area contributed by atoms with Gasteiger partial charge in [0.1, 0.15) is 12.2 Å². The van der Waals surface area contributed by atoms with Gasteiger partial charge in [-0.05, 0) is 48.0 Å². The number of ether oxygens (including phenoxy) is 4. The third kappa shape index (κ3) is 17.3. The van der Waals surface area contributed by atoms with Crippen LogP contribution in [0.15, 0.2) is 0 Å². The third-order valence-electron chi connectivity index (χ3n) is 4.43. The van der Waals surface area contributed by atoms with Gasteiger partial charge in [0.15, 0.2) is 5.78 Å². The van der Waals surface area contributed by atoms with Gasteiger partial charge < -0.3 is 29.4 Å². The highest BCUT2D eigenvalue weighted by Crippen LogP contribution is 2.17. The number of aliphatic hydroxyl groups excluding tert-OH is 1. The molecule has 0 bridgehead atoms. The minimum absolute atomic E-state index is 0.00617. The maximum Gasteiger partial charge on any atom is 0.408 e. The topological polar surface area (TPSA) is 137 Å². The number of thioether (sulfide) groups is 1. The van der Waals surface area contributed by atoms with Crippen LogP contribution in [0.2, 0.25) is 0 Å². The van der Waals surface area contributed by atoms with E-state index in [0.29, 0.717) is 12.2 Å². The Morgan fingerprint density at radius 1 is 1.00 bits per heavy atom. The van der Waals surface area contributed by atoms with Gasteiger partial charge in [-0.2, -0.15) is 11.8 Å². The van der Waals surface area contributed by atoms with Gasteiger partial charge in [0.2, 0.25) is 0 Å². The van der Waals surface area contributed by atoms with Crippen molar-refractivity contribution in [2.45, 2.75) is 91.1 Å². The smallest absolute Gasteiger partial charge is 0.408 e. The monoisotopic (exact) mass is 521 g/mol. The van der Waals surface area contributed by atoms with E-state index in [1.54, 1.807) is 27.7 Å². The van der Waals surface area contributed by atoms with Gasteiger partial charge in [-0.3, -0.25) is 14.4 Å². The Bertz CT molecular complexity index is 685. The lowest BCUT2D eigenvalue weighted by Crippen LogP contribution is -2.46. The first-order chi connectivity index (χ1) is 16.1. The molecule has 3 atom stereocenters. The normalized spacial score (nSPS) is 14.4. The number of nitrogens with one attached hydrogen (secondary N) is 1. The van der Waals surface area contributed by atoms with Gasteiger partial charge in [-0.25, -0.2) is 4.79 Å². The number of carbonyl (C=O) groups excluding carboxylic acids is 4. The fourth-order valence-corrected chi connectivity index (χ4v) is 3.46. The second-order valence-electron chi connectivity index (χ2n) is 10.1. The summed E-state index contributed by atoms with van der Waals surface area (Å²) in [4.78, 5) is 49.3. The summed E-state index contributed by atoms with van der Waals surface area (Å²) in [5, 5.41) is 12.1. The standard InChI is InChI=1S/C24H43NO9S/c1-9-17(26)13-20(28)32-10-11-35-15-18(25-22(30)34-24(5,6)7)19(27)12-16(21(29)31-8)14-33-23(2,3)4/h16-18,26H,9-15H2,1-8H3,(H,25,30)/t16-,17+,18-/m0/s1. The summed E-state index contributed by atoms with van der Waals surface area (Å²) in [6.45, 7) is 12.5. The summed E-state index contributed by atoms with van der Waals surface area (Å²) in [6, 6.07) is -0.936. The predicted octanol–water partition coefficient (Wildman–Crippen LogP) is 2.88. The Hall–Kier alpha value is -1.85. The molecule has 2 N–H and O–H groups in total. The number of alkyl carbamates (subject to hydrolysis) is 1. The number of esters is 2. The second-order valence-corrected chi connectivity index (χ2v) is 11.2. The molecule has 0 aromatic heterocycles. The zero-order valence-electron chi connectivity index (χ0n) is 22.3. The van der Waals surface area contributed by atoms with Crippen LogP contribution in [0.1, 0.15) is 67.7 Å². The first-order valence-corrected chi connectivity index (χ1v) is 12.9. The molecule has 204 valence electrons. The molecule has 0 radical (unpaired) electrons. The van der Waals surface area contributed by atoms with Crippen molar-refractivity contribution in [2.24, 2.45) is 5.92 Å². The molecule has 0 aliphatic heterocycles. The zero-order valence-corrected chi connectivity index (χ0v) is 23.1. The summed E-state index contributed by atoms with van der Waals surface area (Å²) in [5.41, 5.74) is -1.26. The van der Waals surface area contributed by atoms with E-state index in [9.17, 15) is 24.3 Å². The van der Waals surface area contributed by atoms with Crippen molar-refractivity contribution in [3.05, 3.63) is 0 Å². The predicted molar refractivity (Wildman–Crippen MR) is 133 cm³/mol. The maximum atomic E-state index is 13.1. The maximum absolute atomic E-state index is 13.1. The largest absolute Gasteiger partial charge is 0.469 e. The Labute approximate surface area is 213 Å². The summed E-state index contributed by atoms with van der Waals surface area (Å²) < 4.78 is 20.9. The number of amides is 1. The van der Waals surface area contributed by atoms with E-state index >= 15 is 0 Å². The number of hydrogen-bond donors (Lipinski definition) is 2. The van der Waals surface area contributed by atoms with Crippen molar-refractivity contribution in [1.82, 2.24) is 5.32 Å². The molecule has 0 aromatic rings. The van der Waals surface area contributed by atoms with E-state index in [1.165, 1.54) is 18.9 Å². The van der Waals surface area contributed by atoms with Crippen molar-refractivity contribution in [2.75, 3.05) is 31.8 Å². The number of hydrogen-bond acceptors (Lipinski definition) is 10. The van der Waals surface area contributed by atoms with Crippen molar-refractivity contribution in [3.63, 3.8) is 0 Å². The SMILES string of the molecule is CC[C@@H](O)CC(=O)OCCSC[C@H](NC(=O)OC(C)(C)C)C(=O)C[C@@H](COC(C)(C)C)C(=O)OC. The lowest BCUT2D eigenvalue weighted by molar-refractivity contribution is -0.151. The average molecular weight is 522 g/mol. The molecular formula is C24H43NO9S. The van der Waals surface area contributed by atoms with E-state index in [2.05, 4.69) is 5.32 Å². The fraction of sp³-hybridized carbons (Fsp3) is 0.833. The van der Waals surface area contributed by atoms with Crippen molar-refractivity contribution in [1.29, 1.82) is 0 Å². The molecule has 0 saturated heterocycles. The summed E-state index contributed by atoms with van der Waals surface area (Å²) >= 11 is 1.30. The zero-order chi connectivity index (χ0) is 27.2. The van der Waals surface area contributed by atoms with Crippen LogP contribution in [0, 0.1) is 5.92 Å². The number of Topliss-reactive ketones (excluding diaryl/α,β-unsaturated/α-hetero) is 1. The van der Waals surface area contributed by atoms with Crippen LogP contribution in [0.5, 0.6) is 0 Å². The van der Waals surface area contributed by atoms with Crippen LogP contribution in [0.25, 0.3) is 0 Å². The molecule has 10 nitrogen and oxygen atoms in total. The van der Waals surface area contributed by atoms with Crippen LogP contribution >= 0.6 is 11.8 Å². The molecule has 0 saturated carbocycles. The number of rotatable bonds is 15. The minimum atomic E-state index is -0.936. The highest BCUT2D eigenvalue weighted by Gasteiger charge is 2.30. The second kappa shape index (κ2) is 16.0. The van der Waals surface area contributed by atoms with Gasteiger partial charge >= 0.3 is 18.0 Å². The molecule has 35 heavy (non-hydrogen) atoms. The Balaban J connectivity index is 5.10. The molecule has 0 rings (SSSR count). The molecule has 11 heteroatoms. The highest BCUT2D eigenvalue weighted by molar-refractivity contribution is 7.99. The Morgan fingerprint density at radius 3 is 2.14 bits per heavy atom. The summed E-state index contributed by atoms with van der Waals surface area (Å²) in [6.07, 6.45) is -1.30. The number of methoxy groups -OCH3 is 1. The lowest BCUT2D eigenvalue weighted by Gasteiger charge is -2.25. The molecule has 1 amide bonds. The molecule has 0 aliphatic carbocycles. The first kappa shape index (κ1) is 33.1. The van der Waals surface area contributed by atoms with Crippen LogP contribution in [-0.4, -0.2) is 84.1 Å². The van der Waals surface area contributed by atoms with E-state index in [-0.39, 0.29) is 37.6 Å². The van der Waals surface area contributed by atoms with Gasteiger partial charge in [0.25, 0.3) is 0 Å². The molecule has 0 unspecified atom stereocenters. The van der Waals surface area contributed by atoms with Crippen LogP contribution in [0.4, 0.5) is 4.79 Å². The van der Waals surface area contributed by atoms with E-state index < -0.39 is 47.3 Å². The minimum Gasteiger partial charge on any atom is -0.469 e. The molecule has 0 aromatic carbocycles. The van der Waals surface area contributed by atoms with E-state index in [1.807, 2.05) is 20.8 Å². The van der Waals surface area contributed by atoms with Crippen molar-refractivity contribution < 1.29 is 43.2 Å². The van der Waals surface area contributed by atoms with E-state index in [4.69, 9.17) is 18.9 Å². The van der Waals surface area contributed by atoms with Crippen LogP contribution in [0.3, 0.4) is 0 Å². The van der Waals surface area contributed by atoms with Gasteiger partial charge in [-0.1, -0.05) is 6.92 Å². The molecule has 0 heterocycles. The Morgan fingerprint density at radius 2 is 1.63 bits per heavy atom. The summed E-state index contributed by atoms with van der Waals surface area (Å²) in [5.74, 6) is -1.72. The van der Waals surface area contributed by atoms with Crippen LogP contribution in [-0.2, 0) is 33.3 Å². The number of carbonyl (C=O) groups is 4. The van der Waals surface area contributed by atoms with Gasteiger partial charge in [0, 0.05) is 17.9 Å². The molecular weight excluding hydrogens is 478 g/mol. The van der Waals surface area contributed by atoms with Crippen molar-refractivity contribution >= 4 is 35.6 Å². The quantitative estimate of drug-likeness (QED) is 0.188. The number of aliphatic hydroxyl groups is 1. The highest BCUT2D eigenvalue weighted by atomic mass is 32.2. The summed E-state index contributed by atoms with van der Waals surface area (Å²) in [7, 11) is 1.24. The lowest BCUT2D eigenvalue weighted by atomic mass is 9.99. The molecule has 0 spiro atoms. The molecule has 0 aliphatic rings. The van der Waals surface area contributed by atoms with E-state index in [0.717, 1.165) is 0 Å². The molecule has 0 fully saturated rings.